The molecule has 1 fully saturated rings. The van der Waals surface area contributed by atoms with E-state index < -0.39 is 5.97 Å². The van der Waals surface area contributed by atoms with Crippen LogP contribution in [0.5, 0.6) is 0 Å². The molecule has 0 atom stereocenters. The number of carboxylic acids is 1. The van der Waals surface area contributed by atoms with Gasteiger partial charge in [0.05, 0.1) is 18.7 Å². The second-order valence-electron chi connectivity index (χ2n) is 4.95. The molecule has 1 heterocycles. The maximum atomic E-state index is 12.1. The summed E-state index contributed by atoms with van der Waals surface area (Å²) in [4.78, 5) is 24.6. The van der Waals surface area contributed by atoms with Crippen molar-refractivity contribution in [2.75, 3.05) is 25.0 Å². The normalized spacial score (nSPS) is 15.6. The number of anilines is 1. The summed E-state index contributed by atoms with van der Waals surface area (Å²) in [6, 6.07) is 4.04. The smallest absolute Gasteiger partial charge is 0.303 e. The highest BCUT2D eigenvalue weighted by molar-refractivity contribution is 14.1. The number of carbonyl (C=O) groups is 2. The van der Waals surface area contributed by atoms with Crippen molar-refractivity contribution < 1.29 is 14.7 Å². The summed E-state index contributed by atoms with van der Waals surface area (Å²) in [7, 11) is 0. The van der Waals surface area contributed by atoms with Crippen LogP contribution < -0.4 is 5.32 Å². The fourth-order valence-electron chi connectivity index (χ4n) is 2.23. The van der Waals surface area contributed by atoms with Gasteiger partial charge in [-0.25, -0.2) is 0 Å². The lowest BCUT2D eigenvalue weighted by molar-refractivity contribution is -0.139. The molecule has 1 aliphatic heterocycles. The molecule has 1 aromatic rings. The summed E-state index contributed by atoms with van der Waals surface area (Å²) in [5.74, 6) is -0.651. The number of likely N-dealkylation sites (tertiary alicyclic amines) is 1. The fraction of sp³-hybridized carbons (Fsp3) is 0.385. The average Bonchev–Trinajstić information content (AvgIpc) is 2.30. The molecular weight excluding hydrogens is 613 g/mol. The Balaban J connectivity index is 1.85. The van der Waals surface area contributed by atoms with Crippen LogP contribution in [-0.4, -0.2) is 41.5 Å². The zero-order valence-electron chi connectivity index (χ0n) is 10.9. The average molecular weight is 626 g/mol. The van der Waals surface area contributed by atoms with E-state index in [4.69, 9.17) is 5.11 Å². The SMILES string of the molecule is O=C(O)CC1CN(CC(=O)Nc2c(I)cc(I)cc2I)C1. The quantitative estimate of drug-likeness (QED) is 0.494. The number of rotatable bonds is 5. The summed E-state index contributed by atoms with van der Waals surface area (Å²) in [6.45, 7) is 1.68. The largest absolute Gasteiger partial charge is 0.481 e. The first-order chi connectivity index (χ1) is 9.85. The van der Waals surface area contributed by atoms with Crippen molar-refractivity contribution >= 4 is 85.3 Å². The predicted molar refractivity (Wildman–Crippen MR) is 105 cm³/mol. The standard InChI is InChI=1S/C13H13I3N2O3/c14-8-2-9(15)13(10(16)3-8)17-11(19)6-18-4-7(5-18)1-12(20)21/h2-3,7H,1,4-6H2,(H,17,19)(H,20,21). The van der Waals surface area contributed by atoms with Gasteiger partial charge in [-0.3, -0.25) is 14.5 Å². The molecule has 0 saturated carbocycles. The maximum absolute atomic E-state index is 12.1. The molecule has 0 radical (unpaired) electrons. The number of hydrogen-bond donors (Lipinski definition) is 2. The Bertz CT molecular complexity index is 551. The summed E-state index contributed by atoms with van der Waals surface area (Å²) in [5.41, 5.74) is 0.851. The third-order valence-corrected chi connectivity index (χ3v) is 5.46. The monoisotopic (exact) mass is 626 g/mol. The molecule has 5 nitrogen and oxygen atoms in total. The van der Waals surface area contributed by atoms with E-state index in [0.29, 0.717) is 19.6 Å². The zero-order chi connectivity index (χ0) is 15.6. The molecule has 0 unspecified atom stereocenters. The van der Waals surface area contributed by atoms with Gasteiger partial charge in [-0.05, 0) is 85.8 Å². The number of nitrogens with zero attached hydrogens (tertiary/aromatic N) is 1. The number of amides is 1. The summed E-state index contributed by atoms with van der Waals surface area (Å²) >= 11 is 6.68. The van der Waals surface area contributed by atoms with Crippen LogP contribution in [0, 0.1) is 16.6 Å². The van der Waals surface area contributed by atoms with E-state index in [0.717, 1.165) is 16.4 Å². The molecule has 1 aromatic carbocycles. The molecule has 0 spiro atoms. The lowest BCUT2D eigenvalue weighted by atomic mass is 9.96. The van der Waals surface area contributed by atoms with Crippen molar-refractivity contribution in [3.05, 3.63) is 22.8 Å². The van der Waals surface area contributed by atoms with Gasteiger partial charge in [0.25, 0.3) is 0 Å². The highest BCUT2D eigenvalue weighted by atomic mass is 127. The van der Waals surface area contributed by atoms with E-state index in [9.17, 15) is 9.59 Å². The van der Waals surface area contributed by atoms with E-state index in [-0.39, 0.29) is 18.2 Å². The Morgan fingerprint density at radius 2 is 1.81 bits per heavy atom. The van der Waals surface area contributed by atoms with Crippen molar-refractivity contribution in [3.8, 4) is 0 Å². The van der Waals surface area contributed by atoms with E-state index in [2.05, 4.69) is 73.1 Å². The molecular formula is C13H13I3N2O3. The van der Waals surface area contributed by atoms with E-state index >= 15 is 0 Å². The lowest BCUT2D eigenvalue weighted by Gasteiger charge is -2.37. The van der Waals surface area contributed by atoms with Crippen LogP contribution in [-0.2, 0) is 9.59 Å². The van der Waals surface area contributed by atoms with Crippen LogP contribution in [0.4, 0.5) is 5.69 Å². The minimum absolute atomic E-state index is 0.0548. The first-order valence-corrected chi connectivity index (χ1v) is 9.47. The van der Waals surface area contributed by atoms with E-state index in [1.165, 1.54) is 0 Å². The summed E-state index contributed by atoms with van der Waals surface area (Å²) < 4.78 is 3.17. The molecule has 2 rings (SSSR count). The molecule has 21 heavy (non-hydrogen) atoms. The Hall–Kier alpha value is 0.310. The molecule has 1 saturated heterocycles. The number of aliphatic carboxylic acids is 1. The Morgan fingerprint density at radius 1 is 1.24 bits per heavy atom. The van der Waals surface area contributed by atoms with Crippen molar-refractivity contribution in [2.45, 2.75) is 6.42 Å². The van der Waals surface area contributed by atoms with Gasteiger partial charge in [-0.15, -0.1) is 0 Å². The Kier molecular flexibility index (Phi) is 6.50. The molecule has 2 N–H and O–H groups in total. The van der Waals surface area contributed by atoms with Gasteiger partial charge in [0.1, 0.15) is 0 Å². The topological polar surface area (TPSA) is 69.6 Å². The number of hydrogen-bond acceptors (Lipinski definition) is 3. The van der Waals surface area contributed by atoms with Gasteiger partial charge < -0.3 is 10.4 Å². The van der Waals surface area contributed by atoms with Crippen LogP contribution in [0.2, 0.25) is 0 Å². The summed E-state index contributed by atoms with van der Waals surface area (Å²) in [5, 5.41) is 11.6. The highest BCUT2D eigenvalue weighted by Gasteiger charge is 2.29. The molecule has 0 bridgehead atoms. The number of carbonyl (C=O) groups excluding carboxylic acids is 1. The van der Waals surface area contributed by atoms with Crippen molar-refractivity contribution in [3.63, 3.8) is 0 Å². The van der Waals surface area contributed by atoms with Crippen LogP contribution in [0.1, 0.15) is 6.42 Å². The molecule has 0 aliphatic carbocycles. The number of carboxylic acid groups (broad SMARTS) is 1. The minimum atomic E-state index is -0.771. The Morgan fingerprint density at radius 3 is 2.33 bits per heavy atom. The van der Waals surface area contributed by atoms with Crippen LogP contribution in [0.25, 0.3) is 0 Å². The number of nitrogens with one attached hydrogen (secondary N) is 1. The van der Waals surface area contributed by atoms with Gasteiger partial charge in [0.15, 0.2) is 0 Å². The molecule has 114 valence electrons. The molecule has 0 aromatic heterocycles. The van der Waals surface area contributed by atoms with E-state index in [1.54, 1.807) is 0 Å². The van der Waals surface area contributed by atoms with Gasteiger partial charge in [0.2, 0.25) is 5.91 Å². The van der Waals surface area contributed by atoms with Crippen LogP contribution in [0.15, 0.2) is 12.1 Å². The summed E-state index contributed by atoms with van der Waals surface area (Å²) in [6.07, 6.45) is 0.186. The third kappa shape index (κ3) is 5.16. The Labute approximate surface area is 163 Å². The van der Waals surface area contributed by atoms with Gasteiger partial charge in [0, 0.05) is 23.8 Å². The second-order valence-corrected chi connectivity index (χ2v) is 8.52. The number of benzene rings is 1. The van der Waals surface area contributed by atoms with Gasteiger partial charge in [-0.1, -0.05) is 0 Å². The van der Waals surface area contributed by atoms with Crippen LogP contribution in [0.3, 0.4) is 0 Å². The highest BCUT2D eigenvalue weighted by Crippen LogP contribution is 2.27. The maximum Gasteiger partial charge on any atom is 0.303 e. The second kappa shape index (κ2) is 7.73. The third-order valence-electron chi connectivity index (χ3n) is 3.13. The van der Waals surface area contributed by atoms with Crippen molar-refractivity contribution in [1.29, 1.82) is 0 Å². The number of halogens is 3. The minimum Gasteiger partial charge on any atom is -0.481 e. The molecule has 1 amide bonds. The first-order valence-electron chi connectivity index (χ1n) is 6.23. The lowest BCUT2D eigenvalue weighted by Crippen LogP contribution is -2.50. The zero-order valence-corrected chi connectivity index (χ0v) is 17.4. The molecule has 1 aliphatic rings. The first kappa shape index (κ1) is 17.7. The predicted octanol–water partition coefficient (Wildman–Crippen LogP) is 2.85. The van der Waals surface area contributed by atoms with Crippen molar-refractivity contribution in [2.24, 2.45) is 5.92 Å². The van der Waals surface area contributed by atoms with Crippen LogP contribution >= 0.6 is 67.8 Å². The van der Waals surface area contributed by atoms with Gasteiger partial charge >= 0.3 is 5.97 Å². The van der Waals surface area contributed by atoms with Gasteiger partial charge in [-0.2, -0.15) is 0 Å². The fourth-order valence-corrected chi connectivity index (χ4v) is 6.08. The van der Waals surface area contributed by atoms with E-state index in [1.807, 2.05) is 17.0 Å². The van der Waals surface area contributed by atoms with Crippen molar-refractivity contribution in [1.82, 2.24) is 4.90 Å². The molecule has 8 heteroatoms.